The Morgan fingerprint density at radius 2 is 1.69 bits per heavy atom. The smallest absolute Gasteiger partial charge is 0.220 e. The fourth-order valence-electron chi connectivity index (χ4n) is 2.94. The largest absolute Gasteiger partial charge is 0.497 e. The monoisotopic (exact) mass is 395 g/mol. The van der Waals surface area contributed by atoms with Crippen LogP contribution in [-0.2, 0) is 17.8 Å². The standard InChI is InChI=1S/C22H25N3O4/c1-27-19-7-5-18(6-8-19)25-13-12-17(24-25)15-23-22(26)11-4-16-14-20(28-2)9-10-21(16)29-3/h5-10,12-14H,4,11,15H2,1-3H3,(H,23,26). The second-order valence-electron chi connectivity index (χ2n) is 6.40. The lowest BCUT2D eigenvalue weighted by Crippen LogP contribution is -2.23. The minimum Gasteiger partial charge on any atom is -0.497 e. The van der Waals surface area contributed by atoms with Gasteiger partial charge in [-0.25, -0.2) is 4.68 Å². The molecular weight excluding hydrogens is 370 g/mol. The lowest BCUT2D eigenvalue weighted by Gasteiger charge is -2.10. The summed E-state index contributed by atoms with van der Waals surface area (Å²) in [7, 11) is 4.86. The summed E-state index contributed by atoms with van der Waals surface area (Å²) in [5, 5.41) is 7.41. The van der Waals surface area contributed by atoms with E-state index in [1.165, 1.54) is 0 Å². The van der Waals surface area contributed by atoms with Gasteiger partial charge in [0, 0.05) is 12.6 Å². The second kappa shape index (κ2) is 9.64. The first-order valence-electron chi connectivity index (χ1n) is 9.29. The summed E-state index contributed by atoms with van der Waals surface area (Å²) in [4.78, 5) is 12.3. The number of carbonyl (C=O) groups is 1. The van der Waals surface area contributed by atoms with Crippen LogP contribution >= 0.6 is 0 Å². The van der Waals surface area contributed by atoms with Gasteiger partial charge in [0.25, 0.3) is 0 Å². The maximum absolute atomic E-state index is 12.3. The number of benzene rings is 2. The van der Waals surface area contributed by atoms with E-state index in [1.807, 2.05) is 54.7 Å². The number of carbonyl (C=O) groups excluding carboxylic acids is 1. The average molecular weight is 395 g/mol. The summed E-state index contributed by atoms with van der Waals surface area (Å²) in [6.45, 7) is 0.372. The number of aromatic nitrogens is 2. The number of amides is 1. The maximum atomic E-state index is 12.3. The Bertz CT molecular complexity index is 951. The molecule has 0 aliphatic carbocycles. The minimum atomic E-state index is -0.0473. The quantitative estimate of drug-likeness (QED) is 0.602. The van der Waals surface area contributed by atoms with Gasteiger partial charge < -0.3 is 19.5 Å². The molecule has 3 aromatic rings. The van der Waals surface area contributed by atoms with Crippen LogP contribution in [0.4, 0.5) is 0 Å². The van der Waals surface area contributed by atoms with E-state index >= 15 is 0 Å². The normalized spacial score (nSPS) is 10.4. The van der Waals surface area contributed by atoms with Crippen molar-refractivity contribution in [2.24, 2.45) is 0 Å². The SMILES string of the molecule is COc1ccc(-n2ccc(CNC(=O)CCc3cc(OC)ccc3OC)n2)cc1. The number of ether oxygens (including phenoxy) is 3. The molecule has 7 heteroatoms. The molecule has 0 bridgehead atoms. The van der Waals surface area contributed by atoms with Crippen molar-refractivity contribution in [1.29, 1.82) is 0 Å². The van der Waals surface area contributed by atoms with Crippen LogP contribution in [0, 0.1) is 0 Å². The van der Waals surface area contributed by atoms with Crippen LogP contribution < -0.4 is 19.5 Å². The molecule has 29 heavy (non-hydrogen) atoms. The summed E-state index contributed by atoms with van der Waals surface area (Å²) in [6, 6.07) is 15.1. The van der Waals surface area contributed by atoms with E-state index < -0.39 is 0 Å². The highest BCUT2D eigenvalue weighted by Crippen LogP contribution is 2.25. The summed E-state index contributed by atoms with van der Waals surface area (Å²) >= 11 is 0. The number of hydrogen-bond donors (Lipinski definition) is 1. The van der Waals surface area contributed by atoms with Crippen molar-refractivity contribution in [3.8, 4) is 22.9 Å². The van der Waals surface area contributed by atoms with E-state index in [0.29, 0.717) is 19.4 Å². The van der Waals surface area contributed by atoms with Crippen molar-refractivity contribution in [3.63, 3.8) is 0 Å². The van der Waals surface area contributed by atoms with Gasteiger partial charge in [-0.3, -0.25) is 4.79 Å². The van der Waals surface area contributed by atoms with Crippen LogP contribution in [0.15, 0.2) is 54.7 Å². The lowest BCUT2D eigenvalue weighted by molar-refractivity contribution is -0.121. The Balaban J connectivity index is 1.53. The molecule has 0 saturated heterocycles. The zero-order chi connectivity index (χ0) is 20.6. The Morgan fingerprint density at radius 1 is 0.966 bits per heavy atom. The molecule has 1 aromatic heterocycles. The van der Waals surface area contributed by atoms with Crippen LogP contribution in [-0.4, -0.2) is 37.0 Å². The van der Waals surface area contributed by atoms with E-state index in [0.717, 1.165) is 34.2 Å². The van der Waals surface area contributed by atoms with E-state index in [9.17, 15) is 4.79 Å². The summed E-state index contributed by atoms with van der Waals surface area (Å²) in [6.07, 6.45) is 2.78. The third-order valence-corrected chi connectivity index (χ3v) is 4.56. The van der Waals surface area contributed by atoms with Crippen LogP contribution in [0.3, 0.4) is 0 Å². The first kappa shape index (κ1) is 20.3. The molecule has 0 radical (unpaired) electrons. The Kier molecular flexibility index (Phi) is 6.73. The van der Waals surface area contributed by atoms with Crippen molar-refractivity contribution in [2.75, 3.05) is 21.3 Å². The number of nitrogens with zero attached hydrogens (tertiary/aromatic N) is 2. The third kappa shape index (κ3) is 5.28. The molecule has 1 N–H and O–H groups in total. The van der Waals surface area contributed by atoms with Gasteiger partial charge in [-0.1, -0.05) is 0 Å². The number of aryl methyl sites for hydroxylation is 1. The topological polar surface area (TPSA) is 74.6 Å². The Labute approximate surface area is 170 Å². The highest BCUT2D eigenvalue weighted by atomic mass is 16.5. The molecule has 0 atom stereocenters. The third-order valence-electron chi connectivity index (χ3n) is 4.56. The van der Waals surface area contributed by atoms with Gasteiger partial charge in [-0.05, 0) is 60.5 Å². The summed E-state index contributed by atoms with van der Waals surface area (Å²) in [5.74, 6) is 2.23. The van der Waals surface area contributed by atoms with Crippen LogP contribution in [0.2, 0.25) is 0 Å². The molecule has 152 valence electrons. The number of nitrogens with one attached hydrogen (secondary N) is 1. The highest BCUT2D eigenvalue weighted by Gasteiger charge is 2.09. The molecule has 0 unspecified atom stereocenters. The Morgan fingerprint density at radius 3 is 2.38 bits per heavy atom. The lowest BCUT2D eigenvalue weighted by atomic mass is 10.1. The molecule has 0 spiro atoms. The van der Waals surface area contributed by atoms with E-state index in [-0.39, 0.29) is 5.91 Å². The predicted molar refractivity (Wildman–Crippen MR) is 110 cm³/mol. The van der Waals surface area contributed by atoms with Crippen LogP contribution in [0.25, 0.3) is 5.69 Å². The molecule has 3 rings (SSSR count). The number of hydrogen-bond acceptors (Lipinski definition) is 5. The molecule has 7 nitrogen and oxygen atoms in total. The van der Waals surface area contributed by atoms with Gasteiger partial charge in [0.1, 0.15) is 17.2 Å². The number of rotatable bonds is 9. The molecule has 1 heterocycles. The minimum absolute atomic E-state index is 0.0473. The maximum Gasteiger partial charge on any atom is 0.220 e. The molecule has 2 aromatic carbocycles. The van der Waals surface area contributed by atoms with Gasteiger partial charge in [-0.2, -0.15) is 5.10 Å². The van der Waals surface area contributed by atoms with Gasteiger partial charge in [-0.15, -0.1) is 0 Å². The second-order valence-corrected chi connectivity index (χ2v) is 6.40. The van der Waals surface area contributed by atoms with Gasteiger partial charge in [0.2, 0.25) is 5.91 Å². The molecular formula is C22H25N3O4. The Hall–Kier alpha value is -3.48. The molecule has 0 fully saturated rings. The van der Waals surface area contributed by atoms with Crippen molar-refractivity contribution in [1.82, 2.24) is 15.1 Å². The van der Waals surface area contributed by atoms with Crippen molar-refractivity contribution < 1.29 is 19.0 Å². The highest BCUT2D eigenvalue weighted by molar-refractivity contribution is 5.76. The van der Waals surface area contributed by atoms with E-state index in [1.54, 1.807) is 26.0 Å². The molecule has 1 amide bonds. The van der Waals surface area contributed by atoms with Gasteiger partial charge in [0.05, 0.1) is 39.3 Å². The summed E-state index contributed by atoms with van der Waals surface area (Å²) in [5.41, 5.74) is 2.65. The van der Waals surface area contributed by atoms with Crippen molar-refractivity contribution in [3.05, 3.63) is 66.0 Å². The average Bonchev–Trinajstić information content (AvgIpc) is 3.25. The first-order chi connectivity index (χ1) is 14.1. The predicted octanol–water partition coefficient (Wildman–Crippen LogP) is 3.15. The zero-order valence-electron chi connectivity index (χ0n) is 16.8. The molecule has 0 saturated carbocycles. The first-order valence-corrected chi connectivity index (χ1v) is 9.29. The summed E-state index contributed by atoms with van der Waals surface area (Å²) < 4.78 is 17.5. The van der Waals surface area contributed by atoms with Crippen LogP contribution in [0.5, 0.6) is 17.2 Å². The van der Waals surface area contributed by atoms with E-state index in [4.69, 9.17) is 14.2 Å². The van der Waals surface area contributed by atoms with Crippen molar-refractivity contribution in [2.45, 2.75) is 19.4 Å². The van der Waals surface area contributed by atoms with Gasteiger partial charge in [0.15, 0.2) is 0 Å². The molecule has 0 aliphatic rings. The fourth-order valence-corrected chi connectivity index (χ4v) is 2.94. The van der Waals surface area contributed by atoms with E-state index in [2.05, 4.69) is 10.4 Å². The molecule has 0 aliphatic heterocycles. The zero-order valence-corrected chi connectivity index (χ0v) is 16.8. The number of methoxy groups -OCH3 is 3. The van der Waals surface area contributed by atoms with Gasteiger partial charge >= 0.3 is 0 Å². The van der Waals surface area contributed by atoms with Crippen LogP contribution in [0.1, 0.15) is 17.7 Å². The van der Waals surface area contributed by atoms with Crippen molar-refractivity contribution >= 4 is 5.91 Å². The fraction of sp³-hybridized carbons (Fsp3) is 0.273.